The highest BCUT2D eigenvalue weighted by molar-refractivity contribution is 6.42. The van der Waals surface area contributed by atoms with Crippen molar-refractivity contribution in [1.82, 2.24) is 19.7 Å². The SMILES string of the molecule is C=C(CO)Cn1ncc2nc(NCc3ccc(Cl)c(Cl)c3)[nH]c(=O)c21. The van der Waals surface area contributed by atoms with Crippen molar-refractivity contribution in [2.24, 2.45) is 0 Å². The van der Waals surface area contributed by atoms with Gasteiger partial charge in [-0.15, -0.1) is 0 Å². The summed E-state index contributed by atoms with van der Waals surface area (Å²) in [5.41, 5.74) is 1.89. The number of aliphatic hydroxyl groups excluding tert-OH is 1. The standard InChI is InChI=1S/C16H15Cl2N5O2/c1-9(8-24)7-23-14-13(6-20-23)21-16(22-15(14)25)19-5-10-2-3-11(17)12(18)4-10/h2-4,6,24H,1,5,7-8H2,(H2,19,21,22,25). The van der Waals surface area contributed by atoms with E-state index in [0.717, 1.165) is 5.56 Å². The van der Waals surface area contributed by atoms with Gasteiger partial charge in [0.25, 0.3) is 5.56 Å². The van der Waals surface area contributed by atoms with Crippen molar-refractivity contribution >= 4 is 40.2 Å². The average Bonchev–Trinajstić information content (AvgIpc) is 2.99. The molecule has 0 saturated heterocycles. The van der Waals surface area contributed by atoms with Crippen LogP contribution in [0.3, 0.4) is 0 Å². The highest BCUT2D eigenvalue weighted by atomic mass is 35.5. The molecule has 0 unspecified atom stereocenters. The summed E-state index contributed by atoms with van der Waals surface area (Å²) in [6.45, 7) is 4.20. The Balaban J connectivity index is 1.82. The molecule has 0 spiro atoms. The number of rotatable bonds is 6. The van der Waals surface area contributed by atoms with E-state index in [4.69, 9.17) is 28.3 Å². The Kier molecular flexibility index (Phi) is 5.08. The lowest BCUT2D eigenvalue weighted by Gasteiger charge is -2.07. The summed E-state index contributed by atoms with van der Waals surface area (Å²) in [6, 6.07) is 5.28. The van der Waals surface area contributed by atoms with Gasteiger partial charge < -0.3 is 10.4 Å². The van der Waals surface area contributed by atoms with Gasteiger partial charge >= 0.3 is 0 Å². The molecule has 0 fully saturated rings. The maximum Gasteiger partial charge on any atom is 0.278 e. The Hall–Kier alpha value is -2.35. The molecule has 0 bridgehead atoms. The summed E-state index contributed by atoms with van der Waals surface area (Å²) in [6.07, 6.45) is 1.50. The number of benzene rings is 1. The highest BCUT2D eigenvalue weighted by Gasteiger charge is 2.11. The Morgan fingerprint density at radius 1 is 1.36 bits per heavy atom. The predicted octanol–water partition coefficient (Wildman–Crippen LogP) is 2.59. The third kappa shape index (κ3) is 3.84. The third-order valence-electron chi connectivity index (χ3n) is 3.54. The van der Waals surface area contributed by atoms with Gasteiger partial charge in [-0.25, -0.2) is 4.98 Å². The second kappa shape index (κ2) is 7.26. The number of hydrogen-bond donors (Lipinski definition) is 3. The molecule has 1 aromatic carbocycles. The van der Waals surface area contributed by atoms with Crippen molar-refractivity contribution < 1.29 is 5.11 Å². The second-order valence-electron chi connectivity index (χ2n) is 5.46. The zero-order chi connectivity index (χ0) is 18.0. The van der Waals surface area contributed by atoms with Crippen LogP contribution in [0.15, 0.2) is 41.3 Å². The predicted molar refractivity (Wildman–Crippen MR) is 98.2 cm³/mol. The van der Waals surface area contributed by atoms with Gasteiger partial charge in [-0.1, -0.05) is 35.8 Å². The fourth-order valence-corrected chi connectivity index (χ4v) is 2.63. The number of aromatic nitrogens is 4. The van der Waals surface area contributed by atoms with Crippen molar-refractivity contribution in [3.63, 3.8) is 0 Å². The van der Waals surface area contributed by atoms with Gasteiger partial charge in [0.15, 0.2) is 5.52 Å². The molecule has 0 aliphatic heterocycles. The van der Waals surface area contributed by atoms with Gasteiger partial charge in [-0.05, 0) is 23.3 Å². The van der Waals surface area contributed by atoms with Gasteiger partial charge in [0.1, 0.15) is 5.52 Å². The van der Waals surface area contributed by atoms with Gasteiger partial charge in [-0.2, -0.15) is 5.10 Å². The normalized spacial score (nSPS) is 11.0. The molecule has 0 atom stereocenters. The number of nitrogens with zero attached hydrogens (tertiary/aromatic N) is 3. The summed E-state index contributed by atoms with van der Waals surface area (Å²) < 4.78 is 1.46. The first-order valence-electron chi connectivity index (χ1n) is 7.39. The minimum Gasteiger partial charge on any atom is -0.392 e. The van der Waals surface area contributed by atoms with Gasteiger partial charge in [0.05, 0.1) is 29.4 Å². The monoisotopic (exact) mass is 379 g/mol. The molecule has 130 valence electrons. The first kappa shape index (κ1) is 17.5. The number of H-pyrrole nitrogens is 1. The molecule has 3 aromatic rings. The van der Waals surface area contributed by atoms with Crippen LogP contribution in [-0.2, 0) is 13.1 Å². The van der Waals surface area contributed by atoms with Crippen LogP contribution in [0.25, 0.3) is 11.0 Å². The van der Waals surface area contributed by atoms with Crippen molar-refractivity contribution in [3.8, 4) is 0 Å². The van der Waals surface area contributed by atoms with E-state index in [-0.39, 0.29) is 18.7 Å². The van der Waals surface area contributed by atoms with Crippen molar-refractivity contribution in [2.45, 2.75) is 13.1 Å². The van der Waals surface area contributed by atoms with Crippen LogP contribution in [-0.4, -0.2) is 31.5 Å². The van der Waals surface area contributed by atoms with E-state index in [1.165, 1.54) is 10.9 Å². The van der Waals surface area contributed by atoms with Gasteiger partial charge in [0.2, 0.25) is 5.95 Å². The number of halogens is 2. The van der Waals surface area contributed by atoms with E-state index >= 15 is 0 Å². The van der Waals surface area contributed by atoms with Crippen LogP contribution < -0.4 is 10.9 Å². The fraction of sp³-hybridized carbons (Fsp3) is 0.188. The topological polar surface area (TPSA) is 95.8 Å². The van der Waals surface area contributed by atoms with E-state index in [2.05, 4.69) is 27.0 Å². The largest absolute Gasteiger partial charge is 0.392 e. The van der Waals surface area contributed by atoms with Crippen LogP contribution in [0.2, 0.25) is 10.0 Å². The molecule has 3 rings (SSSR count). The van der Waals surface area contributed by atoms with Gasteiger partial charge in [-0.3, -0.25) is 14.5 Å². The summed E-state index contributed by atoms with van der Waals surface area (Å²) in [5, 5.41) is 17.2. The molecular formula is C16H15Cl2N5O2. The van der Waals surface area contributed by atoms with Crippen LogP contribution >= 0.6 is 23.2 Å². The first-order chi connectivity index (χ1) is 12.0. The smallest absolute Gasteiger partial charge is 0.278 e. The van der Waals surface area contributed by atoms with Gasteiger partial charge in [0, 0.05) is 6.54 Å². The fourth-order valence-electron chi connectivity index (χ4n) is 2.31. The highest BCUT2D eigenvalue weighted by Crippen LogP contribution is 2.22. The Bertz CT molecular complexity index is 996. The number of hydrogen-bond acceptors (Lipinski definition) is 5. The molecule has 25 heavy (non-hydrogen) atoms. The second-order valence-corrected chi connectivity index (χ2v) is 6.28. The molecule has 0 amide bonds. The van der Waals surface area contributed by atoms with E-state index < -0.39 is 0 Å². The lowest BCUT2D eigenvalue weighted by molar-refractivity contribution is 0.324. The molecule has 9 heteroatoms. The van der Waals surface area contributed by atoms with Crippen LogP contribution in [0.5, 0.6) is 0 Å². The molecular weight excluding hydrogens is 365 g/mol. The lowest BCUT2D eigenvalue weighted by Crippen LogP contribution is -2.17. The molecule has 2 heterocycles. The summed E-state index contributed by atoms with van der Waals surface area (Å²) in [7, 11) is 0. The average molecular weight is 380 g/mol. The minimum atomic E-state index is -0.329. The summed E-state index contributed by atoms with van der Waals surface area (Å²) in [4.78, 5) is 19.4. The molecule has 0 aliphatic rings. The number of fused-ring (bicyclic) bond motifs is 1. The molecule has 7 nitrogen and oxygen atoms in total. The Morgan fingerprint density at radius 2 is 2.16 bits per heavy atom. The van der Waals surface area contributed by atoms with Crippen molar-refractivity contribution in [3.05, 3.63) is 62.5 Å². The summed E-state index contributed by atoms with van der Waals surface area (Å²) in [5.74, 6) is 0.323. The molecule has 0 saturated carbocycles. The van der Waals surface area contributed by atoms with E-state index in [1.807, 2.05) is 6.07 Å². The molecule has 2 aromatic heterocycles. The van der Waals surface area contributed by atoms with Crippen LogP contribution in [0, 0.1) is 0 Å². The first-order valence-corrected chi connectivity index (χ1v) is 8.14. The molecule has 0 radical (unpaired) electrons. The lowest BCUT2D eigenvalue weighted by atomic mass is 10.2. The maximum atomic E-state index is 12.3. The number of anilines is 1. The Labute approximate surface area is 152 Å². The molecule has 0 aliphatic carbocycles. The maximum absolute atomic E-state index is 12.3. The minimum absolute atomic E-state index is 0.171. The quantitative estimate of drug-likeness (QED) is 0.572. The zero-order valence-electron chi connectivity index (χ0n) is 13.1. The number of aromatic amines is 1. The van der Waals surface area contributed by atoms with Crippen molar-refractivity contribution in [2.75, 3.05) is 11.9 Å². The third-order valence-corrected chi connectivity index (χ3v) is 4.28. The van der Waals surface area contributed by atoms with Crippen molar-refractivity contribution in [1.29, 1.82) is 0 Å². The number of aliphatic hydroxyl groups is 1. The summed E-state index contributed by atoms with van der Waals surface area (Å²) >= 11 is 11.9. The van der Waals surface area contributed by atoms with E-state index in [9.17, 15) is 4.79 Å². The number of nitrogens with one attached hydrogen (secondary N) is 2. The van der Waals surface area contributed by atoms with E-state index in [1.54, 1.807) is 12.1 Å². The van der Waals surface area contributed by atoms with Crippen LogP contribution in [0.1, 0.15) is 5.56 Å². The van der Waals surface area contributed by atoms with E-state index in [0.29, 0.717) is 39.1 Å². The molecule has 3 N–H and O–H groups in total. The van der Waals surface area contributed by atoms with Crippen LogP contribution in [0.4, 0.5) is 5.95 Å². The zero-order valence-corrected chi connectivity index (χ0v) is 14.6. The Morgan fingerprint density at radius 3 is 2.88 bits per heavy atom.